The van der Waals surface area contributed by atoms with Gasteiger partial charge in [0, 0.05) is 17.7 Å². The first-order valence-corrected chi connectivity index (χ1v) is 7.43. The van der Waals surface area contributed by atoms with Crippen molar-refractivity contribution in [3.05, 3.63) is 45.4 Å². The number of rotatable bonds is 2. The van der Waals surface area contributed by atoms with E-state index >= 15 is 0 Å². The SMILES string of the molecule is Cc1nc(C2CC(C(F)(F)F)C2)c(-c2ccc(Cl)nc2)c(=O)[nH]1. The molecule has 0 amide bonds. The lowest BCUT2D eigenvalue weighted by Crippen LogP contribution is -2.36. The van der Waals surface area contributed by atoms with E-state index in [-0.39, 0.29) is 35.0 Å². The summed E-state index contributed by atoms with van der Waals surface area (Å²) in [6.07, 6.45) is -2.87. The Balaban J connectivity index is 2.01. The molecule has 2 aromatic rings. The zero-order valence-electron chi connectivity index (χ0n) is 12.1. The molecule has 1 aliphatic carbocycles. The third kappa shape index (κ3) is 3.10. The van der Waals surface area contributed by atoms with Crippen LogP contribution in [0.25, 0.3) is 11.1 Å². The lowest BCUT2D eigenvalue weighted by molar-refractivity contribution is -0.197. The van der Waals surface area contributed by atoms with E-state index in [1.54, 1.807) is 13.0 Å². The van der Waals surface area contributed by atoms with Crippen LogP contribution in [0.5, 0.6) is 0 Å². The summed E-state index contributed by atoms with van der Waals surface area (Å²) in [6.45, 7) is 1.61. The molecule has 0 unspecified atom stereocenters. The number of nitrogens with zero attached hydrogens (tertiary/aromatic N) is 2. The van der Waals surface area contributed by atoms with Gasteiger partial charge < -0.3 is 4.98 Å². The number of H-pyrrole nitrogens is 1. The molecule has 8 heteroatoms. The number of hydrogen-bond acceptors (Lipinski definition) is 3. The fourth-order valence-electron chi connectivity index (χ4n) is 2.81. The van der Waals surface area contributed by atoms with Crippen LogP contribution in [0.3, 0.4) is 0 Å². The monoisotopic (exact) mass is 343 g/mol. The molecule has 0 bridgehead atoms. The Hall–Kier alpha value is -1.89. The molecule has 1 N–H and O–H groups in total. The molecule has 0 atom stereocenters. The summed E-state index contributed by atoms with van der Waals surface area (Å²) in [5, 5.41) is 0.271. The number of aryl methyl sites for hydroxylation is 1. The second-order valence-electron chi connectivity index (χ2n) is 5.69. The number of aromatic nitrogens is 3. The summed E-state index contributed by atoms with van der Waals surface area (Å²) < 4.78 is 38.1. The molecule has 0 radical (unpaired) electrons. The van der Waals surface area contributed by atoms with Crippen molar-refractivity contribution in [2.75, 3.05) is 0 Å². The standard InChI is InChI=1S/C15H13ClF3N3O/c1-7-21-13(9-4-10(5-9)15(17,18)19)12(14(23)22-7)8-2-3-11(16)20-6-8/h2-3,6,9-10H,4-5H2,1H3,(H,21,22,23). The quantitative estimate of drug-likeness (QED) is 0.843. The molecular weight excluding hydrogens is 331 g/mol. The maximum atomic E-state index is 12.7. The highest BCUT2D eigenvalue weighted by atomic mass is 35.5. The van der Waals surface area contributed by atoms with Gasteiger partial charge >= 0.3 is 6.18 Å². The van der Waals surface area contributed by atoms with Gasteiger partial charge in [-0.25, -0.2) is 9.97 Å². The Kier molecular flexibility index (Phi) is 3.91. The van der Waals surface area contributed by atoms with Gasteiger partial charge in [0.15, 0.2) is 0 Å². The van der Waals surface area contributed by atoms with Gasteiger partial charge in [0.05, 0.1) is 17.2 Å². The van der Waals surface area contributed by atoms with Crippen molar-refractivity contribution in [3.8, 4) is 11.1 Å². The molecule has 0 aliphatic heterocycles. The lowest BCUT2D eigenvalue weighted by Gasteiger charge is -2.36. The van der Waals surface area contributed by atoms with Crippen molar-refractivity contribution < 1.29 is 13.2 Å². The van der Waals surface area contributed by atoms with E-state index in [1.165, 1.54) is 12.3 Å². The second-order valence-corrected chi connectivity index (χ2v) is 6.08. The van der Waals surface area contributed by atoms with E-state index in [4.69, 9.17) is 11.6 Å². The van der Waals surface area contributed by atoms with Gasteiger partial charge in [-0.3, -0.25) is 4.79 Å². The highest BCUT2D eigenvalue weighted by molar-refractivity contribution is 6.29. The van der Waals surface area contributed by atoms with Crippen LogP contribution in [-0.2, 0) is 0 Å². The van der Waals surface area contributed by atoms with E-state index in [2.05, 4.69) is 15.0 Å². The molecule has 3 rings (SSSR count). The van der Waals surface area contributed by atoms with Gasteiger partial charge in [-0.05, 0) is 31.9 Å². The average Bonchev–Trinajstić information content (AvgIpc) is 2.36. The zero-order chi connectivity index (χ0) is 16.8. The van der Waals surface area contributed by atoms with E-state index < -0.39 is 12.1 Å². The van der Waals surface area contributed by atoms with Crippen LogP contribution in [0.2, 0.25) is 5.15 Å². The maximum absolute atomic E-state index is 12.7. The lowest BCUT2D eigenvalue weighted by atomic mass is 9.71. The number of aromatic amines is 1. The minimum absolute atomic E-state index is 0.0482. The van der Waals surface area contributed by atoms with Gasteiger partial charge in [0.2, 0.25) is 0 Å². The number of hydrogen-bond donors (Lipinski definition) is 1. The molecule has 0 saturated heterocycles. The number of halogens is 4. The molecule has 1 fully saturated rings. The molecular formula is C15H13ClF3N3O. The van der Waals surface area contributed by atoms with Crippen molar-refractivity contribution in [1.29, 1.82) is 0 Å². The van der Waals surface area contributed by atoms with Gasteiger partial charge in [0.1, 0.15) is 11.0 Å². The maximum Gasteiger partial charge on any atom is 0.391 e. The van der Waals surface area contributed by atoms with Gasteiger partial charge in [-0.1, -0.05) is 11.6 Å². The highest BCUT2D eigenvalue weighted by Gasteiger charge is 2.49. The molecule has 4 nitrogen and oxygen atoms in total. The van der Waals surface area contributed by atoms with Crippen molar-refractivity contribution in [2.24, 2.45) is 5.92 Å². The predicted molar refractivity (Wildman–Crippen MR) is 79.4 cm³/mol. The Bertz CT molecular complexity index is 780. The van der Waals surface area contributed by atoms with Crippen molar-refractivity contribution in [2.45, 2.75) is 31.9 Å². The van der Waals surface area contributed by atoms with Crippen LogP contribution >= 0.6 is 11.6 Å². The Morgan fingerprint density at radius 1 is 1.30 bits per heavy atom. The van der Waals surface area contributed by atoms with Crippen LogP contribution in [0.1, 0.15) is 30.3 Å². The molecule has 0 spiro atoms. The molecule has 23 heavy (non-hydrogen) atoms. The smallest absolute Gasteiger partial charge is 0.310 e. The van der Waals surface area contributed by atoms with E-state index in [0.29, 0.717) is 17.1 Å². The third-order valence-electron chi connectivity index (χ3n) is 4.07. The molecule has 122 valence electrons. The minimum atomic E-state index is -4.20. The van der Waals surface area contributed by atoms with Crippen LogP contribution in [-0.4, -0.2) is 21.1 Å². The zero-order valence-corrected chi connectivity index (χ0v) is 12.9. The largest absolute Gasteiger partial charge is 0.391 e. The molecule has 1 aliphatic rings. The Morgan fingerprint density at radius 2 is 2.00 bits per heavy atom. The second kappa shape index (κ2) is 5.63. The topological polar surface area (TPSA) is 58.6 Å². The van der Waals surface area contributed by atoms with Gasteiger partial charge in [-0.2, -0.15) is 13.2 Å². The third-order valence-corrected chi connectivity index (χ3v) is 4.29. The fraction of sp³-hybridized carbons (Fsp3) is 0.400. The summed E-state index contributed by atoms with van der Waals surface area (Å²) in [7, 11) is 0. The van der Waals surface area contributed by atoms with Crippen LogP contribution in [0.4, 0.5) is 13.2 Å². The molecule has 1 saturated carbocycles. The van der Waals surface area contributed by atoms with E-state index in [9.17, 15) is 18.0 Å². The first-order chi connectivity index (χ1) is 10.8. The summed E-state index contributed by atoms with van der Waals surface area (Å²) in [6, 6.07) is 3.14. The Labute approximate surface area is 134 Å². The summed E-state index contributed by atoms with van der Waals surface area (Å²) >= 11 is 5.74. The normalized spacial score (nSPS) is 21.1. The highest BCUT2D eigenvalue weighted by Crippen LogP contribution is 2.50. The Morgan fingerprint density at radius 3 is 2.57 bits per heavy atom. The number of alkyl halides is 3. The number of pyridine rings is 1. The van der Waals surface area contributed by atoms with Crippen molar-refractivity contribution in [3.63, 3.8) is 0 Å². The van der Waals surface area contributed by atoms with Crippen LogP contribution in [0, 0.1) is 12.8 Å². The molecule has 2 heterocycles. The van der Waals surface area contributed by atoms with Gasteiger partial charge in [-0.15, -0.1) is 0 Å². The summed E-state index contributed by atoms with van der Waals surface area (Å²) in [5.41, 5.74) is 0.780. The summed E-state index contributed by atoms with van der Waals surface area (Å²) in [4.78, 5) is 23.1. The molecule has 0 aromatic carbocycles. The fourth-order valence-corrected chi connectivity index (χ4v) is 2.93. The first-order valence-electron chi connectivity index (χ1n) is 7.05. The van der Waals surface area contributed by atoms with E-state index in [0.717, 1.165) is 0 Å². The van der Waals surface area contributed by atoms with Crippen molar-refractivity contribution in [1.82, 2.24) is 15.0 Å². The molecule has 2 aromatic heterocycles. The first kappa shape index (κ1) is 16.0. The van der Waals surface area contributed by atoms with Crippen LogP contribution in [0.15, 0.2) is 23.1 Å². The summed E-state index contributed by atoms with van der Waals surface area (Å²) in [5.74, 6) is -1.33. The predicted octanol–water partition coefficient (Wildman–Crippen LogP) is 3.85. The average molecular weight is 344 g/mol. The minimum Gasteiger partial charge on any atom is -0.310 e. The number of nitrogens with one attached hydrogen (secondary N) is 1. The van der Waals surface area contributed by atoms with Gasteiger partial charge in [0.25, 0.3) is 5.56 Å². The van der Waals surface area contributed by atoms with Crippen molar-refractivity contribution >= 4 is 11.6 Å². The van der Waals surface area contributed by atoms with E-state index in [1.807, 2.05) is 0 Å². The van der Waals surface area contributed by atoms with Crippen LogP contribution < -0.4 is 5.56 Å².